The summed E-state index contributed by atoms with van der Waals surface area (Å²) in [6.45, 7) is 1.68. The van der Waals surface area contributed by atoms with Gasteiger partial charge in [0, 0.05) is 0 Å². The van der Waals surface area contributed by atoms with Gasteiger partial charge in [0.25, 0.3) is 0 Å². The predicted octanol–water partition coefficient (Wildman–Crippen LogP) is 2.57. The Morgan fingerprint density at radius 2 is 2.11 bits per heavy atom. The van der Waals surface area contributed by atoms with Crippen molar-refractivity contribution >= 4 is 11.6 Å². The van der Waals surface area contributed by atoms with Gasteiger partial charge in [0.05, 0.1) is 18.2 Å². The van der Waals surface area contributed by atoms with Gasteiger partial charge in [-0.25, -0.2) is 0 Å². The maximum Gasteiger partial charge on any atom is 0.232 e. The van der Waals surface area contributed by atoms with Gasteiger partial charge < -0.3 is 10.1 Å². The second-order valence-electron chi connectivity index (χ2n) is 4.59. The lowest BCUT2D eigenvalue weighted by Crippen LogP contribution is -2.32. The van der Waals surface area contributed by atoms with Crippen molar-refractivity contribution in [2.45, 2.75) is 25.8 Å². The first-order valence-corrected chi connectivity index (χ1v) is 5.91. The Morgan fingerprint density at radius 1 is 1.44 bits per heavy atom. The van der Waals surface area contributed by atoms with Gasteiger partial charge in [-0.2, -0.15) is 4.91 Å². The second kappa shape index (κ2) is 4.76. The van der Waals surface area contributed by atoms with Crippen molar-refractivity contribution in [2.24, 2.45) is 10.6 Å². The number of amides is 1. The van der Waals surface area contributed by atoms with E-state index in [1.807, 2.05) is 12.1 Å². The fourth-order valence-electron chi connectivity index (χ4n) is 2.06. The van der Waals surface area contributed by atoms with Crippen LogP contribution < -0.4 is 10.1 Å². The molecule has 1 aromatic rings. The summed E-state index contributed by atoms with van der Waals surface area (Å²) in [6.07, 6.45) is 1.42. The molecular weight excluding hydrogens is 232 g/mol. The maximum atomic E-state index is 12.2. The standard InChI is InChI=1S/C13H16N2O3/c1-9(15-17)13(7-8-13)12(16)14-10-5-3-4-6-11(10)18-2/h3-6,9H,7-8H2,1-2H3,(H,14,16). The molecule has 0 radical (unpaired) electrons. The average Bonchev–Trinajstić information content (AvgIpc) is 3.20. The molecule has 0 bridgehead atoms. The number of rotatable bonds is 5. The van der Waals surface area contributed by atoms with Gasteiger partial charge in [-0.1, -0.05) is 17.3 Å². The van der Waals surface area contributed by atoms with Crippen molar-refractivity contribution in [3.8, 4) is 5.75 Å². The van der Waals surface area contributed by atoms with E-state index in [0.29, 0.717) is 24.3 Å². The van der Waals surface area contributed by atoms with E-state index in [1.165, 1.54) is 0 Å². The van der Waals surface area contributed by atoms with Crippen LogP contribution in [0.5, 0.6) is 5.75 Å². The molecule has 1 amide bonds. The van der Waals surface area contributed by atoms with E-state index in [4.69, 9.17) is 4.74 Å². The first-order chi connectivity index (χ1) is 8.64. The van der Waals surface area contributed by atoms with Crippen molar-refractivity contribution in [1.29, 1.82) is 0 Å². The number of anilines is 1. The quantitative estimate of drug-likeness (QED) is 0.814. The highest BCUT2D eigenvalue weighted by Crippen LogP contribution is 2.51. The Bertz CT molecular complexity index is 469. The Labute approximate surface area is 105 Å². The molecule has 5 nitrogen and oxygen atoms in total. The molecule has 1 N–H and O–H groups in total. The van der Waals surface area contributed by atoms with Crippen LogP contribution in [0.3, 0.4) is 0 Å². The van der Waals surface area contributed by atoms with Gasteiger partial charge in [-0.3, -0.25) is 4.79 Å². The first-order valence-electron chi connectivity index (χ1n) is 5.91. The summed E-state index contributed by atoms with van der Waals surface area (Å²) in [7, 11) is 1.55. The third-order valence-electron chi connectivity index (χ3n) is 3.55. The van der Waals surface area contributed by atoms with Crippen LogP contribution in [-0.2, 0) is 4.79 Å². The zero-order valence-electron chi connectivity index (χ0n) is 10.5. The fourth-order valence-corrected chi connectivity index (χ4v) is 2.06. The molecule has 1 unspecified atom stereocenters. The van der Waals surface area contributed by atoms with Gasteiger partial charge >= 0.3 is 0 Å². The number of para-hydroxylation sites is 2. The van der Waals surface area contributed by atoms with Gasteiger partial charge in [0.2, 0.25) is 5.91 Å². The monoisotopic (exact) mass is 248 g/mol. The Hall–Kier alpha value is -1.91. The second-order valence-corrected chi connectivity index (χ2v) is 4.59. The molecule has 18 heavy (non-hydrogen) atoms. The minimum absolute atomic E-state index is 0.154. The molecule has 96 valence electrons. The van der Waals surface area contributed by atoms with Gasteiger partial charge in [0.1, 0.15) is 11.8 Å². The third-order valence-corrected chi connectivity index (χ3v) is 3.55. The van der Waals surface area contributed by atoms with Crippen LogP contribution in [0, 0.1) is 10.3 Å². The summed E-state index contributed by atoms with van der Waals surface area (Å²) in [5, 5.41) is 5.80. The average molecular weight is 248 g/mol. The molecule has 5 heteroatoms. The van der Waals surface area contributed by atoms with Crippen LogP contribution in [-0.4, -0.2) is 19.1 Å². The number of hydrogen-bond donors (Lipinski definition) is 1. The van der Waals surface area contributed by atoms with E-state index in [9.17, 15) is 9.70 Å². The highest BCUT2D eigenvalue weighted by Gasteiger charge is 2.55. The first kappa shape index (κ1) is 12.5. The van der Waals surface area contributed by atoms with Gasteiger partial charge in [-0.05, 0) is 31.9 Å². The van der Waals surface area contributed by atoms with E-state index in [1.54, 1.807) is 26.2 Å². The van der Waals surface area contributed by atoms with E-state index in [2.05, 4.69) is 10.5 Å². The van der Waals surface area contributed by atoms with Crippen molar-refractivity contribution in [1.82, 2.24) is 0 Å². The van der Waals surface area contributed by atoms with Crippen LogP contribution in [0.25, 0.3) is 0 Å². The molecular formula is C13H16N2O3. The van der Waals surface area contributed by atoms with E-state index in [0.717, 1.165) is 0 Å². The summed E-state index contributed by atoms with van der Waals surface area (Å²) < 4.78 is 5.17. The van der Waals surface area contributed by atoms with Crippen LogP contribution in [0.4, 0.5) is 5.69 Å². The number of carbonyl (C=O) groups is 1. The minimum atomic E-state index is -0.622. The van der Waals surface area contributed by atoms with Crippen molar-refractivity contribution in [3.63, 3.8) is 0 Å². The Morgan fingerprint density at radius 3 is 2.67 bits per heavy atom. The topological polar surface area (TPSA) is 67.8 Å². The Balaban J connectivity index is 2.15. The minimum Gasteiger partial charge on any atom is -0.495 e. The summed E-state index contributed by atoms with van der Waals surface area (Å²) >= 11 is 0. The van der Waals surface area contributed by atoms with E-state index >= 15 is 0 Å². The molecule has 1 aliphatic rings. The zero-order chi connectivity index (χ0) is 13.2. The van der Waals surface area contributed by atoms with Crippen LogP contribution in [0.15, 0.2) is 29.4 Å². The van der Waals surface area contributed by atoms with Crippen LogP contribution in [0.1, 0.15) is 19.8 Å². The highest BCUT2D eigenvalue weighted by atomic mass is 16.5. The molecule has 0 aromatic heterocycles. The molecule has 1 aliphatic carbocycles. The predicted molar refractivity (Wildman–Crippen MR) is 68.5 cm³/mol. The van der Waals surface area contributed by atoms with Crippen molar-refractivity contribution < 1.29 is 9.53 Å². The molecule has 1 saturated carbocycles. The summed E-state index contributed by atoms with van der Waals surface area (Å²) in [6, 6.07) is 6.70. The molecule has 1 fully saturated rings. The number of hydrogen-bond acceptors (Lipinski definition) is 4. The number of benzene rings is 1. The lowest BCUT2D eigenvalue weighted by Gasteiger charge is -2.18. The maximum absolute atomic E-state index is 12.2. The number of nitroso groups, excluding NO2 is 1. The number of nitrogens with one attached hydrogen (secondary N) is 1. The third kappa shape index (κ3) is 2.08. The Kier molecular flexibility index (Phi) is 3.32. The van der Waals surface area contributed by atoms with Crippen molar-refractivity contribution in [3.05, 3.63) is 29.2 Å². The number of nitrogens with zero attached hydrogens (tertiary/aromatic N) is 1. The molecule has 1 aromatic carbocycles. The molecule has 2 rings (SSSR count). The van der Waals surface area contributed by atoms with E-state index < -0.39 is 11.5 Å². The van der Waals surface area contributed by atoms with Gasteiger partial charge in [0.15, 0.2) is 0 Å². The fraction of sp³-hybridized carbons (Fsp3) is 0.462. The van der Waals surface area contributed by atoms with Crippen LogP contribution >= 0.6 is 0 Å². The van der Waals surface area contributed by atoms with Gasteiger partial charge in [-0.15, -0.1) is 0 Å². The lowest BCUT2D eigenvalue weighted by molar-refractivity contribution is -0.121. The highest BCUT2D eigenvalue weighted by molar-refractivity contribution is 5.98. The number of carbonyl (C=O) groups excluding carboxylic acids is 1. The lowest BCUT2D eigenvalue weighted by atomic mass is 9.97. The number of methoxy groups -OCH3 is 1. The normalized spacial score (nSPS) is 17.7. The largest absolute Gasteiger partial charge is 0.495 e. The van der Waals surface area contributed by atoms with E-state index in [-0.39, 0.29) is 5.91 Å². The summed E-state index contributed by atoms with van der Waals surface area (Å²) in [5.74, 6) is 0.451. The molecule has 1 atom stereocenters. The number of ether oxygens (including phenoxy) is 1. The van der Waals surface area contributed by atoms with Crippen LogP contribution in [0.2, 0.25) is 0 Å². The molecule has 0 heterocycles. The molecule has 0 aliphatic heterocycles. The summed E-state index contributed by atoms with van der Waals surface area (Å²) in [4.78, 5) is 22.8. The SMILES string of the molecule is COc1ccccc1NC(=O)C1(C(C)N=O)CC1. The molecule has 0 spiro atoms. The van der Waals surface area contributed by atoms with Crippen molar-refractivity contribution in [2.75, 3.05) is 12.4 Å². The smallest absolute Gasteiger partial charge is 0.232 e. The zero-order valence-corrected chi connectivity index (χ0v) is 10.5. The summed E-state index contributed by atoms with van der Waals surface area (Å²) in [5.41, 5.74) is -0.00263. The molecule has 0 saturated heterocycles.